The van der Waals surface area contributed by atoms with Gasteiger partial charge in [0.2, 0.25) is 17.7 Å². The summed E-state index contributed by atoms with van der Waals surface area (Å²) in [7, 11) is 0. The average Bonchev–Trinajstić information content (AvgIpc) is 3.46. The molecule has 0 aromatic heterocycles. The highest BCUT2D eigenvalue weighted by Gasteiger charge is 2.44. The van der Waals surface area contributed by atoms with Crippen LogP contribution in [0.3, 0.4) is 0 Å². The van der Waals surface area contributed by atoms with Crippen LogP contribution in [0.1, 0.15) is 49.8 Å². The van der Waals surface area contributed by atoms with Gasteiger partial charge in [0.25, 0.3) is 0 Å². The van der Waals surface area contributed by atoms with Crippen molar-refractivity contribution in [3.8, 4) is 5.75 Å². The zero-order valence-corrected chi connectivity index (χ0v) is 21.6. The van der Waals surface area contributed by atoms with Crippen LogP contribution in [0.5, 0.6) is 5.75 Å². The number of carboxylic acid groups (broad SMARTS) is 1. The Balaban J connectivity index is 1.28. The minimum absolute atomic E-state index is 0.114. The third-order valence-electron chi connectivity index (χ3n) is 7.95. The molecule has 0 fully saturated rings. The molecule has 5 atom stereocenters. The third kappa shape index (κ3) is 4.85. The maximum atomic E-state index is 13.6. The predicted octanol–water partition coefficient (Wildman–Crippen LogP) is 2.38. The summed E-state index contributed by atoms with van der Waals surface area (Å²) in [6.07, 6.45) is 2.20. The Bertz CT molecular complexity index is 1250. The highest BCUT2D eigenvalue weighted by atomic mass is 16.5. The number of anilines is 1. The normalized spacial score (nSPS) is 22.9. The van der Waals surface area contributed by atoms with Gasteiger partial charge in [0.15, 0.2) is 0 Å². The molecule has 2 aromatic rings. The molecule has 9 nitrogen and oxygen atoms in total. The fourth-order valence-electron chi connectivity index (χ4n) is 5.73. The van der Waals surface area contributed by atoms with E-state index < -0.39 is 35.9 Å². The van der Waals surface area contributed by atoms with Gasteiger partial charge >= 0.3 is 5.97 Å². The van der Waals surface area contributed by atoms with Crippen LogP contribution >= 0.6 is 0 Å². The lowest BCUT2D eigenvalue weighted by Crippen LogP contribution is -2.57. The van der Waals surface area contributed by atoms with Gasteiger partial charge in [-0.3, -0.25) is 19.3 Å². The van der Waals surface area contributed by atoms with Gasteiger partial charge in [-0.15, -0.1) is 0 Å². The molecule has 3 amide bonds. The smallest absolute Gasteiger partial charge is 0.327 e. The molecule has 0 saturated heterocycles. The fraction of sp³-hybridized carbons (Fsp3) is 0.448. The molecule has 200 valence electrons. The Morgan fingerprint density at radius 3 is 2.55 bits per heavy atom. The summed E-state index contributed by atoms with van der Waals surface area (Å²) in [5, 5.41) is 15.5. The standard InChI is InChI=1S/C29H33N3O6/c1-3-16(2)25(31-24(33)15-20-13-18-7-4-5-10-23(18)38-20)27(34)30-21-12-11-17-8-6-9-19-14-22(29(36)37)32(26(17)19)28(21)35/h4-10,16,20-22,25H,3,11-15H2,1-2H3,(H,30,34)(H,31,33)(H,36,37)/t16-,20?,21-,22-,25-/m0/s1. The van der Waals surface area contributed by atoms with Crippen LogP contribution in [0.4, 0.5) is 5.69 Å². The first-order valence-electron chi connectivity index (χ1n) is 13.3. The number of fused-ring (bicyclic) bond motifs is 1. The molecule has 0 spiro atoms. The summed E-state index contributed by atoms with van der Waals surface area (Å²) in [6, 6.07) is 10.6. The van der Waals surface area contributed by atoms with E-state index in [0.29, 0.717) is 31.4 Å². The molecule has 0 aliphatic carbocycles. The number of hydrogen-bond donors (Lipinski definition) is 3. The van der Waals surface area contributed by atoms with E-state index in [2.05, 4.69) is 10.6 Å². The molecule has 0 bridgehead atoms. The summed E-state index contributed by atoms with van der Waals surface area (Å²) in [5.74, 6) is -1.64. The number of carboxylic acids is 1. The zero-order valence-electron chi connectivity index (χ0n) is 21.6. The number of para-hydroxylation sites is 2. The average molecular weight is 520 g/mol. The number of carbonyl (C=O) groups excluding carboxylic acids is 3. The fourth-order valence-corrected chi connectivity index (χ4v) is 5.73. The van der Waals surface area contributed by atoms with Gasteiger partial charge in [0.05, 0.1) is 12.1 Å². The van der Waals surface area contributed by atoms with Crippen molar-refractivity contribution in [3.05, 3.63) is 59.2 Å². The molecule has 0 radical (unpaired) electrons. The lowest BCUT2D eigenvalue weighted by Gasteiger charge is -2.29. The van der Waals surface area contributed by atoms with Gasteiger partial charge in [0.1, 0.15) is 30.0 Å². The van der Waals surface area contributed by atoms with Gasteiger partial charge in [-0.1, -0.05) is 56.7 Å². The van der Waals surface area contributed by atoms with E-state index in [4.69, 9.17) is 4.74 Å². The van der Waals surface area contributed by atoms with Crippen molar-refractivity contribution in [1.82, 2.24) is 10.6 Å². The van der Waals surface area contributed by atoms with E-state index >= 15 is 0 Å². The van der Waals surface area contributed by atoms with E-state index in [1.165, 1.54) is 4.90 Å². The first-order valence-corrected chi connectivity index (χ1v) is 13.3. The van der Waals surface area contributed by atoms with Crippen molar-refractivity contribution < 1.29 is 29.0 Å². The summed E-state index contributed by atoms with van der Waals surface area (Å²) >= 11 is 0. The SMILES string of the molecule is CC[C@H](C)[C@H](NC(=O)CC1Cc2ccccc2O1)C(=O)N[C@H]1CCc2cccc3c2N(C1=O)[C@H](C(=O)O)C3. The van der Waals surface area contributed by atoms with E-state index in [1.54, 1.807) is 0 Å². The van der Waals surface area contributed by atoms with E-state index in [-0.39, 0.29) is 30.8 Å². The van der Waals surface area contributed by atoms with Crippen LogP contribution in [0.2, 0.25) is 0 Å². The number of amides is 3. The summed E-state index contributed by atoms with van der Waals surface area (Å²) in [6.45, 7) is 3.81. The van der Waals surface area contributed by atoms with Crippen LogP contribution in [0, 0.1) is 5.92 Å². The number of ether oxygens (including phenoxy) is 1. The van der Waals surface area contributed by atoms with Crippen LogP contribution in [-0.2, 0) is 38.4 Å². The first-order chi connectivity index (χ1) is 18.3. The molecule has 3 aliphatic heterocycles. The van der Waals surface area contributed by atoms with Crippen LogP contribution < -0.4 is 20.3 Å². The lowest BCUT2D eigenvalue weighted by molar-refractivity contribution is -0.140. The Morgan fingerprint density at radius 1 is 1.08 bits per heavy atom. The Hall–Kier alpha value is -3.88. The number of aryl methyl sites for hydroxylation is 1. The molecule has 3 N–H and O–H groups in total. The summed E-state index contributed by atoms with van der Waals surface area (Å²) < 4.78 is 5.89. The van der Waals surface area contributed by atoms with Gasteiger partial charge < -0.3 is 20.5 Å². The molecule has 9 heteroatoms. The highest BCUT2D eigenvalue weighted by molar-refractivity contribution is 6.07. The van der Waals surface area contributed by atoms with Crippen molar-refractivity contribution in [2.45, 2.75) is 76.6 Å². The van der Waals surface area contributed by atoms with Crippen LogP contribution in [-0.4, -0.2) is 53.0 Å². The molecular weight excluding hydrogens is 486 g/mol. The van der Waals surface area contributed by atoms with Crippen LogP contribution in [0.15, 0.2) is 42.5 Å². The van der Waals surface area contributed by atoms with Crippen molar-refractivity contribution in [1.29, 1.82) is 0 Å². The van der Waals surface area contributed by atoms with Crippen molar-refractivity contribution in [3.63, 3.8) is 0 Å². The van der Waals surface area contributed by atoms with Gasteiger partial charge in [-0.2, -0.15) is 0 Å². The molecule has 0 saturated carbocycles. The minimum Gasteiger partial charge on any atom is -0.489 e. The summed E-state index contributed by atoms with van der Waals surface area (Å²) in [4.78, 5) is 53.4. The van der Waals surface area contributed by atoms with Crippen molar-refractivity contribution in [2.75, 3.05) is 4.90 Å². The largest absolute Gasteiger partial charge is 0.489 e. The molecule has 5 rings (SSSR count). The van der Waals surface area contributed by atoms with Gasteiger partial charge in [-0.05, 0) is 41.5 Å². The lowest BCUT2D eigenvalue weighted by atomic mass is 9.96. The van der Waals surface area contributed by atoms with E-state index in [1.807, 2.05) is 56.3 Å². The van der Waals surface area contributed by atoms with Crippen molar-refractivity contribution >= 4 is 29.4 Å². The number of nitrogens with one attached hydrogen (secondary N) is 2. The Labute approximate surface area is 221 Å². The number of benzene rings is 2. The number of aliphatic carboxylic acids is 1. The van der Waals surface area contributed by atoms with Gasteiger partial charge in [-0.25, -0.2) is 4.79 Å². The first kappa shape index (κ1) is 25.8. The van der Waals surface area contributed by atoms with E-state index in [9.17, 15) is 24.3 Å². The molecule has 2 aromatic carbocycles. The summed E-state index contributed by atoms with van der Waals surface area (Å²) in [5.41, 5.74) is 3.45. The second kappa shape index (κ2) is 10.5. The monoisotopic (exact) mass is 519 g/mol. The second-order valence-electron chi connectivity index (χ2n) is 10.5. The Morgan fingerprint density at radius 2 is 1.82 bits per heavy atom. The molecule has 3 heterocycles. The van der Waals surface area contributed by atoms with Crippen molar-refractivity contribution in [2.24, 2.45) is 5.92 Å². The topological polar surface area (TPSA) is 125 Å². The molecule has 3 aliphatic rings. The zero-order chi connectivity index (χ0) is 27.0. The number of rotatable bonds is 8. The maximum Gasteiger partial charge on any atom is 0.327 e. The number of nitrogens with zero attached hydrogens (tertiary/aromatic N) is 1. The van der Waals surface area contributed by atoms with E-state index in [0.717, 1.165) is 22.4 Å². The molecule has 38 heavy (non-hydrogen) atoms. The maximum absolute atomic E-state index is 13.6. The predicted molar refractivity (Wildman–Crippen MR) is 140 cm³/mol. The highest BCUT2D eigenvalue weighted by Crippen LogP contribution is 2.39. The number of carbonyl (C=O) groups is 4. The number of hydrogen-bond acceptors (Lipinski definition) is 5. The molecule has 1 unspecified atom stereocenters. The van der Waals surface area contributed by atoms with Crippen LogP contribution in [0.25, 0.3) is 0 Å². The minimum atomic E-state index is -1.08. The third-order valence-corrected chi connectivity index (χ3v) is 7.95. The Kier molecular flexibility index (Phi) is 7.10. The second-order valence-corrected chi connectivity index (χ2v) is 10.5. The quantitative estimate of drug-likeness (QED) is 0.492. The van der Waals surface area contributed by atoms with Gasteiger partial charge in [0, 0.05) is 12.8 Å². The molecular formula is C29H33N3O6.